The summed E-state index contributed by atoms with van der Waals surface area (Å²) in [5.74, 6) is 0.138. The molecule has 0 saturated heterocycles. The lowest BCUT2D eigenvalue weighted by atomic mass is 10.0. The van der Waals surface area contributed by atoms with Crippen molar-refractivity contribution in [2.75, 3.05) is 7.11 Å². The Kier molecular flexibility index (Phi) is 6.96. The van der Waals surface area contributed by atoms with Crippen LogP contribution in [0, 0.1) is 11.3 Å². The van der Waals surface area contributed by atoms with E-state index in [4.69, 9.17) is 4.74 Å². The van der Waals surface area contributed by atoms with Crippen LogP contribution in [0.2, 0.25) is 0 Å². The van der Waals surface area contributed by atoms with Crippen molar-refractivity contribution in [3.05, 3.63) is 101 Å². The number of methoxy groups -OCH3 is 1. The molecule has 0 atom stereocenters. The van der Waals surface area contributed by atoms with Gasteiger partial charge >= 0.3 is 12.1 Å². The molecule has 32 heavy (non-hydrogen) atoms. The van der Waals surface area contributed by atoms with Gasteiger partial charge in [-0.1, -0.05) is 36.4 Å². The molecule has 7 heteroatoms. The zero-order chi connectivity index (χ0) is 23.1. The molecule has 0 bridgehead atoms. The van der Waals surface area contributed by atoms with Crippen LogP contribution in [0.1, 0.15) is 32.6 Å². The molecule has 0 aliphatic carbocycles. The number of alkyl halides is 3. The second-order valence-corrected chi connectivity index (χ2v) is 6.79. The predicted molar refractivity (Wildman–Crippen MR) is 113 cm³/mol. The SMILES string of the molecule is COC(=O)c1ccc(COc2cccc(C=C(C#N)c3ccc(C(F)(F)F)cc3)c2)cc1. The summed E-state index contributed by atoms with van der Waals surface area (Å²) >= 11 is 0. The van der Waals surface area contributed by atoms with Gasteiger partial charge in [-0.3, -0.25) is 0 Å². The topological polar surface area (TPSA) is 59.3 Å². The zero-order valence-corrected chi connectivity index (χ0v) is 17.0. The van der Waals surface area contributed by atoms with E-state index in [9.17, 15) is 23.2 Å². The zero-order valence-electron chi connectivity index (χ0n) is 17.0. The Morgan fingerprint density at radius 2 is 1.66 bits per heavy atom. The summed E-state index contributed by atoms with van der Waals surface area (Å²) in [6.45, 7) is 0.263. The fraction of sp³-hybridized carbons (Fsp3) is 0.120. The molecule has 0 amide bonds. The van der Waals surface area contributed by atoms with Crippen LogP contribution < -0.4 is 4.74 Å². The third-order valence-electron chi connectivity index (χ3n) is 4.59. The van der Waals surface area contributed by atoms with Gasteiger partial charge in [0.25, 0.3) is 0 Å². The molecule has 0 aliphatic heterocycles. The fourth-order valence-electron chi connectivity index (χ4n) is 2.90. The summed E-state index contributed by atoms with van der Waals surface area (Å²) in [4.78, 5) is 11.5. The highest BCUT2D eigenvalue weighted by molar-refractivity contribution is 5.90. The van der Waals surface area contributed by atoms with E-state index in [-0.39, 0.29) is 12.2 Å². The molecular formula is C25H18F3NO3. The van der Waals surface area contributed by atoms with E-state index in [0.29, 0.717) is 22.4 Å². The normalized spacial score (nSPS) is 11.5. The molecule has 3 rings (SSSR count). The van der Waals surface area contributed by atoms with Crippen molar-refractivity contribution >= 4 is 17.6 Å². The minimum absolute atomic E-state index is 0.231. The molecule has 0 heterocycles. The average Bonchev–Trinajstić information content (AvgIpc) is 2.81. The van der Waals surface area contributed by atoms with Gasteiger partial charge in [-0.05, 0) is 59.2 Å². The third-order valence-corrected chi connectivity index (χ3v) is 4.59. The summed E-state index contributed by atoms with van der Waals surface area (Å²) in [6, 6.07) is 20.3. The van der Waals surface area contributed by atoms with Gasteiger partial charge in [0.05, 0.1) is 29.9 Å². The van der Waals surface area contributed by atoms with E-state index in [1.54, 1.807) is 54.6 Å². The molecule has 4 nitrogen and oxygen atoms in total. The van der Waals surface area contributed by atoms with Crippen LogP contribution >= 0.6 is 0 Å². The Balaban J connectivity index is 1.72. The van der Waals surface area contributed by atoms with E-state index < -0.39 is 17.7 Å². The molecule has 162 valence electrons. The molecule has 0 spiro atoms. The first-order valence-electron chi connectivity index (χ1n) is 9.49. The summed E-state index contributed by atoms with van der Waals surface area (Å²) < 4.78 is 48.7. The van der Waals surface area contributed by atoms with Gasteiger partial charge in [-0.2, -0.15) is 18.4 Å². The molecule has 0 N–H and O–H groups in total. The van der Waals surface area contributed by atoms with Crippen LogP contribution in [0.25, 0.3) is 11.6 Å². The molecule has 3 aromatic carbocycles. The number of halogens is 3. The maximum absolute atomic E-state index is 12.7. The fourth-order valence-corrected chi connectivity index (χ4v) is 2.90. The van der Waals surface area contributed by atoms with E-state index >= 15 is 0 Å². The lowest BCUT2D eigenvalue weighted by Gasteiger charge is -2.09. The van der Waals surface area contributed by atoms with Crippen LogP contribution in [0.5, 0.6) is 5.75 Å². The maximum atomic E-state index is 12.7. The van der Waals surface area contributed by atoms with Gasteiger partial charge in [0.2, 0.25) is 0 Å². The van der Waals surface area contributed by atoms with Crippen molar-refractivity contribution in [2.24, 2.45) is 0 Å². The Labute approximate surface area is 183 Å². The van der Waals surface area contributed by atoms with Crippen molar-refractivity contribution < 1.29 is 27.4 Å². The Morgan fingerprint density at radius 3 is 2.25 bits per heavy atom. The van der Waals surface area contributed by atoms with Crippen LogP contribution in [-0.4, -0.2) is 13.1 Å². The van der Waals surface area contributed by atoms with E-state index in [2.05, 4.69) is 4.74 Å². The van der Waals surface area contributed by atoms with Crippen molar-refractivity contribution in [3.8, 4) is 11.8 Å². The molecule has 0 fully saturated rings. The van der Waals surface area contributed by atoms with Crippen LogP contribution in [0.15, 0.2) is 72.8 Å². The van der Waals surface area contributed by atoms with Crippen LogP contribution in [0.4, 0.5) is 13.2 Å². The predicted octanol–water partition coefficient (Wildman–Crippen LogP) is 6.14. The van der Waals surface area contributed by atoms with E-state index in [1.165, 1.54) is 19.2 Å². The number of rotatable bonds is 6. The minimum Gasteiger partial charge on any atom is -0.489 e. The maximum Gasteiger partial charge on any atom is 0.416 e. The molecule has 0 aromatic heterocycles. The summed E-state index contributed by atoms with van der Waals surface area (Å²) in [7, 11) is 1.32. The molecule has 3 aromatic rings. The highest BCUT2D eigenvalue weighted by Crippen LogP contribution is 2.30. The first-order valence-corrected chi connectivity index (χ1v) is 9.49. The number of esters is 1. The molecule has 0 unspecified atom stereocenters. The Morgan fingerprint density at radius 1 is 1.00 bits per heavy atom. The third kappa shape index (κ3) is 5.76. The van der Waals surface area contributed by atoms with Gasteiger partial charge in [-0.25, -0.2) is 4.79 Å². The molecule has 0 saturated carbocycles. The highest BCUT2D eigenvalue weighted by Gasteiger charge is 2.30. The van der Waals surface area contributed by atoms with Crippen molar-refractivity contribution in [1.82, 2.24) is 0 Å². The second kappa shape index (κ2) is 9.84. The first-order chi connectivity index (χ1) is 15.3. The summed E-state index contributed by atoms with van der Waals surface area (Å²) in [5, 5.41) is 9.47. The number of carbonyl (C=O) groups is 1. The monoisotopic (exact) mass is 437 g/mol. The minimum atomic E-state index is -4.43. The quantitative estimate of drug-likeness (QED) is 0.264. The van der Waals surface area contributed by atoms with Gasteiger partial charge < -0.3 is 9.47 Å². The van der Waals surface area contributed by atoms with Crippen molar-refractivity contribution in [2.45, 2.75) is 12.8 Å². The standard InChI is InChI=1S/C25H18F3NO3/c1-31-24(30)20-7-5-17(6-8-20)16-32-23-4-2-3-18(14-23)13-21(15-29)19-9-11-22(12-10-19)25(26,27)28/h2-14H,16H2,1H3. The van der Waals surface area contributed by atoms with Crippen LogP contribution in [-0.2, 0) is 17.5 Å². The highest BCUT2D eigenvalue weighted by atomic mass is 19.4. The molecule has 0 aliphatic rings. The number of nitriles is 1. The smallest absolute Gasteiger partial charge is 0.416 e. The number of hydrogen-bond acceptors (Lipinski definition) is 4. The summed E-state index contributed by atoms with van der Waals surface area (Å²) in [6.07, 6.45) is -2.85. The van der Waals surface area contributed by atoms with Crippen LogP contribution in [0.3, 0.4) is 0 Å². The lowest BCUT2D eigenvalue weighted by Crippen LogP contribution is -2.04. The van der Waals surface area contributed by atoms with E-state index in [0.717, 1.165) is 17.7 Å². The number of ether oxygens (including phenoxy) is 2. The molecule has 0 radical (unpaired) electrons. The van der Waals surface area contributed by atoms with Crippen molar-refractivity contribution in [1.29, 1.82) is 5.26 Å². The second-order valence-electron chi connectivity index (χ2n) is 6.79. The van der Waals surface area contributed by atoms with Crippen molar-refractivity contribution in [3.63, 3.8) is 0 Å². The number of hydrogen-bond donors (Lipinski definition) is 0. The van der Waals surface area contributed by atoms with Gasteiger partial charge in [-0.15, -0.1) is 0 Å². The Hall–Kier alpha value is -4.05. The number of benzene rings is 3. The molecular weight excluding hydrogens is 419 g/mol. The number of allylic oxidation sites excluding steroid dienone is 1. The Bertz CT molecular complexity index is 1160. The summed E-state index contributed by atoms with van der Waals surface area (Å²) in [5.41, 5.74) is 1.80. The lowest BCUT2D eigenvalue weighted by molar-refractivity contribution is -0.137. The van der Waals surface area contributed by atoms with Gasteiger partial charge in [0.1, 0.15) is 12.4 Å². The van der Waals surface area contributed by atoms with Gasteiger partial charge in [0.15, 0.2) is 0 Å². The first kappa shape index (κ1) is 22.6. The number of nitrogens with zero attached hydrogens (tertiary/aromatic N) is 1. The van der Waals surface area contributed by atoms with Gasteiger partial charge in [0, 0.05) is 0 Å². The van der Waals surface area contributed by atoms with E-state index in [1.807, 2.05) is 6.07 Å². The largest absolute Gasteiger partial charge is 0.489 e. The number of carbonyl (C=O) groups excluding carboxylic acids is 1. The average molecular weight is 437 g/mol.